The van der Waals surface area contributed by atoms with Crippen LogP contribution in [-0.4, -0.2) is 17.1 Å². The molecule has 2 aromatic rings. The van der Waals surface area contributed by atoms with Crippen molar-refractivity contribution >= 4 is 17.7 Å². The number of ketones is 1. The molecule has 6 rings (SSSR count). The molecule has 2 aromatic carbocycles. The van der Waals surface area contributed by atoms with Gasteiger partial charge in [-0.05, 0) is 98.4 Å². The molecule has 0 aromatic heterocycles. The first-order valence-electron chi connectivity index (χ1n) is 10.5. The monoisotopic (exact) mass is 373 g/mol. The van der Waals surface area contributed by atoms with Gasteiger partial charge in [0.1, 0.15) is 5.75 Å². The Balaban J connectivity index is 1.45. The van der Waals surface area contributed by atoms with Crippen molar-refractivity contribution in [1.82, 2.24) is 0 Å². The molecule has 0 radical (unpaired) electrons. The Morgan fingerprint density at radius 3 is 2.36 bits per heavy atom. The summed E-state index contributed by atoms with van der Waals surface area (Å²) in [5, 5.41) is 10.4. The zero-order valence-corrected chi connectivity index (χ0v) is 16.4. The minimum Gasteiger partial charge on any atom is -0.507 e. The van der Waals surface area contributed by atoms with Crippen LogP contribution >= 0.6 is 0 Å². The molecule has 0 amide bonds. The van der Waals surface area contributed by atoms with E-state index < -0.39 is 0 Å². The highest BCUT2D eigenvalue weighted by Crippen LogP contribution is 2.60. The van der Waals surface area contributed by atoms with E-state index in [-0.39, 0.29) is 11.5 Å². The molecule has 28 heavy (non-hydrogen) atoms. The van der Waals surface area contributed by atoms with E-state index in [1.54, 1.807) is 25.3 Å². The van der Waals surface area contributed by atoms with Crippen LogP contribution in [0.3, 0.4) is 0 Å². The van der Waals surface area contributed by atoms with Crippen LogP contribution < -0.4 is 0 Å². The number of Topliss-reactive ketones (excluding diaryl/α,β-unsaturated/α-hetero) is 1. The Morgan fingerprint density at radius 2 is 1.71 bits per heavy atom. The molecule has 4 aliphatic carbocycles. The maximum absolute atomic E-state index is 11.6. The Kier molecular flexibility index (Phi) is 4.15. The first kappa shape index (κ1) is 17.7. The molecule has 4 bridgehead atoms. The molecule has 1 N–H and O–H groups in total. The van der Waals surface area contributed by atoms with Crippen molar-refractivity contribution in [3.05, 3.63) is 59.2 Å². The predicted octanol–water partition coefficient (Wildman–Crippen LogP) is 5.81. The van der Waals surface area contributed by atoms with Gasteiger partial charge in [0.15, 0.2) is 5.78 Å². The van der Waals surface area contributed by atoms with E-state index in [4.69, 9.17) is 0 Å². The van der Waals surface area contributed by atoms with Gasteiger partial charge in [-0.3, -0.25) is 9.79 Å². The van der Waals surface area contributed by atoms with Crippen molar-refractivity contribution in [2.75, 3.05) is 0 Å². The summed E-state index contributed by atoms with van der Waals surface area (Å²) in [7, 11) is 0. The van der Waals surface area contributed by atoms with Crippen LogP contribution in [0.25, 0.3) is 0 Å². The van der Waals surface area contributed by atoms with Crippen LogP contribution in [-0.2, 0) is 5.41 Å². The molecule has 0 unspecified atom stereocenters. The van der Waals surface area contributed by atoms with Crippen LogP contribution in [0.5, 0.6) is 5.75 Å². The zero-order chi connectivity index (χ0) is 19.3. The Labute approximate surface area is 166 Å². The largest absolute Gasteiger partial charge is 0.507 e. The summed E-state index contributed by atoms with van der Waals surface area (Å²) in [5.74, 6) is 2.98. The van der Waals surface area contributed by atoms with E-state index in [0.717, 1.165) is 29.0 Å². The van der Waals surface area contributed by atoms with Gasteiger partial charge in [-0.1, -0.05) is 18.2 Å². The summed E-state index contributed by atoms with van der Waals surface area (Å²) in [5.41, 5.74) is 3.83. The highest BCUT2D eigenvalue weighted by atomic mass is 16.3. The molecule has 4 fully saturated rings. The average Bonchev–Trinajstić information content (AvgIpc) is 2.66. The van der Waals surface area contributed by atoms with Gasteiger partial charge in [-0.2, -0.15) is 0 Å². The van der Waals surface area contributed by atoms with E-state index >= 15 is 0 Å². The standard InChI is InChI=1S/C25H27NO2/c1-16(27)20-3-2-4-23(11-20)26-15-21-10-22(5-6-24(21)28)25-12-17-7-18(13-25)9-19(8-17)14-25/h2-6,10-11,15,17-19,28H,7-9,12-14H2,1H3. The summed E-state index contributed by atoms with van der Waals surface area (Å²) in [6.45, 7) is 1.56. The lowest BCUT2D eigenvalue weighted by atomic mass is 9.48. The van der Waals surface area contributed by atoms with Gasteiger partial charge < -0.3 is 5.11 Å². The number of carbonyl (C=O) groups excluding carboxylic acids is 1. The number of phenolic OH excluding ortho intramolecular Hbond substituents is 1. The quantitative estimate of drug-likeness (QED) is 0.543. The van der Waals surface area contributed by atoms with Crippen LogP contribution in [0.15, 0.2) is 47.5 Å². The van der Waals surface area contributed by atoms with Crippen molar-refractivity contribution in [2.45, 2.75) is 50.9 Å². The fourth-order valence-electron chi connectivity index (χ4n) is 6.40. The van der Waals surface area contributed by atoms with E-state index in [0.29, 0.717) is 11.0 Å². The highest BCUT2D eigenvalue weighted by Gasteiger charge is 2.51. The van der Waals surface area contributed by atoms with Gasteiger partial charge in [0.2, 0.25) is 0 Å². The second-order valence-corrected chi connectivity index (χ2v) is 9.34. The third-order valence-corrected chi connectivity index (χ3v) is 7.28. The molecule has 0 spiro atoms. The number of hydrogen-bond acceptors (Lipinski definition) is 3. The Morgan fingerprint density at radius 1 is 1.04 bits per heavy atom. The van der Waals surface area contributed by atoms with E-state index in [1.807, 2.05) is 18.2 Å². The van der Waals surface area contributed by atoms with Crippen molar-refractivity contribution in [1.29, 1.82) is 0 Å². The third-order valence-electron chi connectivity index (χ3n) is 7.28. The molecular weight excluding hydrogens is 346 g/mol. The lowest BCUT2D eigenvalue weighted by Crippen LogP contribution is -2.48. The summed E-state index contributed by atoms with van der Waals surface area (Å²) >= 11 is 0. The second-order valence-electron chi connectivity index (χ2n) is 9.34. The molecule has 144 valence electrons. The smallest absolute Gasteiger partial charge is 0.159 e. The summed E-state index contributed by atoms with van der Waals surface area (Å²) in [6.07, 6.45) is 9.94. The van der Waals surface area contributed by atoms with E-state index in [1.165, 1.54) is 44.1 Å². The molecule has 0 aliphatic heterocycles. The van der Waals surface area contributed by atoms with Crippen LogP contribution in [0, 0.1) is 17.8 Å². The first-order chi connectivity index (χ1) is 13.5. The van der Waals surface area contributed by atoms with E-state index in [9.17, 15) is 9.90 Å². The zero-order valence-electron chi connectivity index (χ0n) is 16.4. The van der Waals surface area contributed by atoms with Gasteiger partial charge in [0, 0.05) is 17.3 Å². The number of nitrogens with zero attached hydrogens (tertiary/aromatic N) is 1. The number of aromatic hydroxyl groups is 1. The Hall–Kier alpha value is -2.42. The van der Waals surface area contributed by atoms with Gasteiger partial charge in [0.25, 0.3) is 0 Å². The number of hydrogen-bond donors (Lipinski definition) is 1. The number of carbonyl (C=O) groups is 1. The molecule has 3 heteroatoms. The fraction of sp³-hybridized carbons (Fsp3) is 0.440. The molecule has 3 nitrogen and oxygen atoms in total. The topological polar surface area (TPSA) is 49.7 Å². The second kappa shape index (κ2) is 6.58. The maximum Gasteiger partial charge on any atom is 0.159 e. The molecular formula is C25H27NO2. The third kappa shape index (κ3) is 3.07. The lowest BCUT2D eigenvalue weighted by Gasteiger charge is -2.57. The minimum absolute atomic E-state index is 0.0312. The molecule has 0 heterocycles. The Bertz CT molecular complexity index is 923. The molecule has 0 saturated heterocycles. The van der Waals surface area contributed by atoms with Crippen molar-refractivity contribution in [3.8, 4) is 5.75 Å². The van der Waals surface area contributed by atoms with Crippen LogP contribution in [0.2, 0.25) is 0 Å². The van der Waals surface area contributed by atoms with Crippen molar-refractivity contribution in [2.24, 2.45) is 22.7 Å². The SMILES string of the molecule is CC(=O)c1cccc(N=Cc2cc(C34CC5CC(CC(C5)C3)C4)ccc2O)c1. The van der Waals surface area contributed by atoms with Gasteiger partial charge >= 0.3 is 0 Å². The van der Waals surface area contributed by atoms with Crippen LogP contribution in [0.4, 0.5) is 5.69 Å². The number of benzene rings is 2. The van der Waals surface area contributed by atoms with Crippen LogP contribution in [0.1, 0.15) is 66.9 Å². The van der Waals surface area contributed by atoms with Crippen molar-refractivity contribution in [3.63, 3.8) is 0 Å². The number of aliphatic imine (C=N–C) groups is 1. The minimum atomic E-state index is 0.0312. The normalized spacial score (nSPS) is 30.8. The number of phenols is 1. The molecule has 4 saturated carbocycles. The predicted molar refractivity (Wildman–Crippen MR) is 112 cm³/mol. The first-order valence-corrected chi connectivity index (χ1v) is 10.5. The fourth-order valence-corrected chi connectivity index (χ4v) is 6.40. The highest BCUT2D eigenvalue weighted by molar-refractivity contribution is 5.95. The van der Waals surface area contributed by atoms with Crippen molar-refractivity contribution < 1.29 is 9.90 Å². The average molecular weight is 373 g/mol. The van der Waals surface area contributed by atoms with E-state index in [2.05, 4.69) is 17.1 Å². The lowest BCUT2D eigenvalue weighted by molar-refractivity contribution is -0.00520. The molecule has 4 aliphatic rings. The summed E-state index contributed by atoms with van der Waals surface area (Å²) < 4.78 is 0. The van der Waals surface area contributed by atoms with Gasteiger partial charge in [0.05, 0.1) is 5.69 Å². The van der Waals surface area contributed by atoms with Gasteiger partial charge in [-0.15, -0.1) is 0 Å². The van der Waals surface area contributed by atoms with Gasteiger partial charge in [-0.25, -0.2) is 0 Å². The summed E-state index contributed by atoms with van der Waals surface area (Å²) in [4.78, 5) is 16.1. The molecule has 0 atom stereocenters. The maximum atomic E-state index is 11.6. The summed E-state index contributed by atoms with van der Waals surface area (Å²) in [6, 6.07) is 13.4. The number of rotatable bonds is 4.